The van der Waals surface area contributed by atoms with E-state index >= 15 is 0 Å². The van der Waals surface area contributed by atoms with Crippen molar-refractivity contribution >= 4 is 29.0 Å². The fraction of sp³-hybridized carbons (Fsp3) is 0.190. The van der Waals surface area contributed by atoms with E-state index in [1.54, 1.807) is 19.1 Å². The SMILES string of the molecule is CCOC(=O)C1=C(C)N(c2ccccc2)C(=S)N[C@H]1c1ccc(C#N)cc1. The number of anilines is 1. The molecule has 2 aromatic rings. The Bertz CT molecular complexity index is 930. The molecule has 0 aliphatic carbocycles. The summed E-state index contributed by atoms with van der Waals surface area (Å²) in [5, 5.41) is 12.8. The zero-order chi connectivity index (χ0) is 19.4. The Labute approximate surface area is 163 Å². The Kier molecular flexibility index (Phi) is 5.53. The van der Waals surface area contributed by atoms with E-state index in [-0.39, 0.29) is 12.6 Å². The van der Waals surface area contributed by atoms with Gasteiger partial charge in [-0.1, -0.05) is 30.3 Å². The summed E-state index contributed by atoms with van der Waals surface area (Å²) in [6, 6.07) is 18.4. The summed E-state index contributed by atoms with van der Waals surface area (Å²) in [5.41, 5.74) is 3.48. The Morgan fingerprint density at radius 2 is 1.89 bits per heavy atom. The van der Waals surface area contributed by atoms with E-state index in [0.717, 1.165) is 16.9 Å². The van der Waals surface area contributed by atoms with Crippen molar-refractivity contribution in [2.45, 2.75) is 19.9 Å². The van der Waals surface area contributed by atoms with Crippen LogP contribution in [-0.2, 0) is 9.53 Å². The lowest BCUT2D eigenvalue weighted by Crippen LogP contribution is -2.48. The molecule has 2 aromatic carbocycles. The second-order valence-corrected chi connectivity index (χ2v) is 6.39. The fourth-order valence-electron chi connectivity index (χ4n) is 3.10. The fourth-order valence-corrected chi connectivity index (χ4v) is 3.46. The molecule has 0 amide bonds. The third-order valence-corrected chi connectivity index (χ3v) is 4.67. The highest BCUT2D eigenvalue weighted by Gasteiger charge is 2.35. The number of hydrogen-bond acceptors (Lipinski definition) is 4. The molecule has 0 aromatic heterocycles. The van der Waals surface area contributed by atoms with Crippen LogP contribution in [0.15, 0.2) is 65.9 Å². The minimum Gasteiger partial charge on any atom is -0.463 e. The van der Waals surface area contributed by atoms with Crippen LogP contribution in [0.1, 0.15) is 31.0 Å². The molecule has 6 heteroatoms. The van der Waals surface area contributed by atoms with Crippen LogP contribution >= 0.6 is 12.2 Å². The van der Waals surface area contributed by atoms with E-state index in [1.165, 1.54) is 0 Å². The van der Waals surface area contributed by atoms with E-state index in [0.29, 0.717) is 16.2 Å². The maximum absolute atomic E-state index is 12.8. The summed E-state index contributed by atoms with van der Waals surface area (Å²) in [6.07, 6.45) is 0. The van der Waals surface area contributed by atoms with Gasteiger partial charge in [-0.2, -0.15) is 5.26 Å². The van der Waals surface area contributed by atoms with Gasteiger partial charge >= 0.3 is 5.97 Å². The molecule has 0 spiro atoms. The Morgan fingerprint density at radius 3 is 2.48 bits per heavy atom. The highest BCUT2D eigenvalue weighted by molar-refractivity contribution is 7.80. The highest BCUT2D eigenvalue weighted by Crippen LogP contribution is 2.34. The Morgan fingerprint density at radius 1 is 1.22 bits per heavy atom. The van der Waals surface area contributed by atoms with Crippen LogP contribution in [0.5, 0.6) is 0 Å². The van der Waals surface area contributed by atoms with Crippen LogP contribution in [0.3, 0.4) is 0 Å². The molecule has 0 saturated carbocycles. The summed E-state index contributed by atoms with van der Waals surface area (Å²) in [6.45, 7) is 3.93. The van der Waals surface area contributed by atoms with Crippen LogP contribution in [0.4, 0.5) is 5.69 Å². The lowest BCUT2D eigenvalue weighted by Gasteiger charge is -2.37. The number of nitrogens with one attached hydrogen (secondary N) is 1. The summed E-state index contributed by atoms with van der Waals surface area (Å²) in [5.74, 6) is -0.389. The number of nitrogens with zero attached hydrogens (tertiary/aromatic N) is 2. The zero-order valence-corrected chi connectivity index (χ0v) is 15.9. The maximum Gasteiger partial charge on any atom is 0.338 e. The zero-order valence-electron chi connectivity index (χ0n) is 15.1. The number of carbonyl (C=O) groups excluding carboxylic acids is 1. The van der Waals surface area contributed by atoms with Crippen molar-refractivity contribution in [3.8, 4) is 6.07 Å². The first kappa shape index (κ1) is 18.6. The van der Waals surface area contributed by atoms with Gasteiger partial charge < -0.3 is 10.1 Å². The van der Waals surface area contributed by atoms with Gasteiger partial charge in [-0.3, -0.25) is 4.90 Å². The second kappa shape index (κ2) is 8.02. The molecule has 27 heavy (non-hydrogen) atoms. The first-order chi connectivity index (χ1) is 13.1. The van der Waals surface area contributed by atoms with E-state index < -0.39 is 6.04 Å². The lowest BCUT2D eigenvalue weighted by atomic mass is 9.94. The van der Waals surface area contributed by atoms with Gasteiger partial charge in [0.15, 0.2) is 5.11 Å². The molecule has 0 unspecified atom stereocenters. The van der Waals surface area contributed by atoms with Gasteiger partial charge in [0.2, 0.25) is 0 Å². The Balaban J connectivity index is 2.11. The first-order valence-electron chi connectivity index (χ1n) is 8.60. The van der Waals surface area contributed by atoms with Gasteiger partial charge in [-0.05, 0) is 55.9 Å². The van der Waals surface area contributed by atoms with Crippen molar-refractivity contribution in [3.63, 3.8) is 0 Å². The molecule has 0 saturated heterocycles. The predicted molar refractivity (Wildman–Crippen MR) is 108 cm³/mol. The number of thiocarbonyl (C=S) groups is 1. The summed E-state index contributed by atoms with van der Waals surface area (Å²) in [4.78, 5) is 14.6. The van der Waals surface area contributed by atoms with Crippen LogP contribution in [0.25, 0.3) is 0 Å². The van der Waals surface area contributed by atoms with Crippen LogP contribution in [0.2, 0.25) is 0 Å². The van der Waals surface area contributed by atoms with E-state index in [1.807, 2.05) is 54.3 Å². The number of para-hydroxylation sites is 1. The van der Waals surface area contributed by atoms with Gasteiger partial charge in [-0.25, -0.2) is 4.79 Å². The molecule has 5 nitrogen and oxygen atoms in total. The minimum absolute atomic E-state index is 0.283. The summed E-state index contributed by atoms with van der Waals surface area (Å²) >= 11 is 5.59. The number of ether oxygens (including phenoxy) is 1. The molecule has 1 atom stereocenters. The number of esters is 1. The molecule has 0 fully saturated rings. The number of carbonyl (C=O) groups is 1. The third kappa shape index (κ3) is 3.69. The quantitative estimate of drug-likeness (QED) is 0.645. The van der Waals surface area contributed by atoms with Gasteiger partial charge in [0.05, 0.1) is 29.9 Å². The summed E-state index contributed by atoms with van der Waals surface area (Å²) < 4.78 is 5.31. The lowest BCUT2D eigenvalue weighted by molar-refractivity contribution is -0.139. The molecule has 0 radical (unpaired) electrons. The standard InChI is InChI=1S/C21H19N3O2S/c1-3-26-20(25)18-14(2)24(17-7-5-4-6-8-17)21(27)23-19(18)16-11-9-15(13-22)10-12-16/h4-12,19H,3H2,1-2H3,(H,23,27)/t19-/m0/s1. The van der Waals surface area contributed by atoms with Crippen LogP contribution in [-0.4, -0.2) is 17.7 Å². The predicted octanol–water partition coefficient (Wildman–Crippen LogP) is 3.83. The van der Waals surface area contributed by atoms with Crippen molar-refractivity contribution < 1.29 is 9.53 Å². The smallest absolute Gasteiger partial charge is 0.338 e. The van der Waals surface area contributed by atoms with Gasteiger partial charge in [0, 0.05) is 11.4 Å². The maximum atomic E-state index is 12.8. The normalized spacial score (nSPS) is 16.6. The number of allylic oxidation sites excluding steroid dienone is 1. The van der Waals surface area contributed by atoms with Crippen molar-refractivity contribution in [2.24, 2.45) is 0 Å². The first-order valence-corrected chi connectivity index (χ1v) is 9.01. The third-order valence-electron chi connectivity index (χ3n) is 4.37. The van der Waals surface area contributed by atoms with Gasteiger partial charge in [0.25, 0.3) is 0 Å². The topological polar surface area (TPSA) is 65.4 Å². The largest absolute Gasteiger partial charge is 0.463 e. The van der Waals surface area contributed by atoms with E-state index in [4.69, 9.17) is 22.2 Å². The van der Waals surface area contributed by atoms with Crippen molar-refractivity contribution in [1.82, 2.24) is 5.32 Å². The molecule has 1 aliphatic heterocycles. The average Bonchev–Trinajstić information content (AvgIpc) is 2.68. The monoisotopic (exact) mass is 377 g/mol. The molecule has 1 heterocycles. The minimum atomic E-state index is -0.441. The number of nitriles is 1. The van der Waals surface area contributed by atoms with Crippen LogP contribution in [0, 0.1) is 11.3 Å². The number of rotatable bonds is 4. The molecule has 3 rings (SSSR count). The van der Waals surface area contributed by atoms with Gasteiger partial charge in [0.1, 0.15) is 0 Å². The average molecular weight is 377 g/mol. The highest BCUT2D eigenvalue weighted by atomic mass is 32.1. The van der Waals surface area contributed by atoms with E-state index in [9.17, 15) is 4.79 Å². The van der Waals surface area contributed by atoms with Crippen molar-refractivity contribution in [1.29, 1.82) is 5.26 Å². The number of benzene rings is 2. The molecular formula is C21H19N3O2S. The van der Waals surface area contributed by atoms with Crippen molar-refractivity contribution in [2.75, 3.05) is 11.5 Å². The molecule has 0 bridgehead atoms. The van der Waals surface area contributed by atoms with Crippen LogP contribution < -0.4 is 10.2 Å². The molecule has 1 N–H and O–H groups in total. The molecule has 1 aliphatic rings. The second-order valence-electron chi connectivity index (χ2n) is 6.01. The number of hydrogen-bond donors (Lipinski definition) is 1. The summed E-state index contributed by atoms with van der Waals surface area (Å²) in [7, 11) is 0. The Hall–Kier alpha value is -3.17. The molecular weight excluding hydrogens is 358 g/mol. The van der Waals surface area contributed by atoms with Crippen molar-refractivity contribution in [3.05, 3.63) is 77.0 Å². The molecule has 136 valence electrons. The van der Waals surface area contributed by atoms with Gasteiger partial charge in [-0.15, -0.1) is 0 Å². The van der Waals surface area contributed by atoms with E-state index in [2.05, 4.69) is 11.4 Å².